The number of aryl methyl sites for hydroxylation is 1. The molecule has 0 saturated heterocycles. The summed E-state index contributed by atoms with van der Waals surface area (Å²) < 4.78 is 10.7. The van der Waals surface area contributed by atoms with Gasteiger partial charge in [-0.15, -0.1) is 0 Å². The Bertz CT molecular complexity index is 539. The standard InChI is InChI=1S/C15H18O3/c1-9-5-11-7-10(2)15(18-4)14(17-3)8-12(11)13(16)6-9/h5-6,8,16H,7H2,1-4H3. The van der Waals surface area contributed by atoms with Crippen LogP contribution in [0.4, 0.5) is 0 Å². The van der Waals surface area contributed by atoms with Gasteiger partial charge in [-0.2, -0.15) is 0 Å². The van der Waals surface area contributed by atoms with E-state index in [0.717, 1.165) is 34.4 Å². The van der Waals surface area contributed by atoms with Gasteiger partial charge >= 0.3 is 0 Å². The molecule has 0 radical (unpaired) electrons. The van der Waals surface area contributed by atoms with Crippen molar-refractivity contribution in [2.45, 2.75) is 20.3 Å². The molecule has 2 rings (SSSR count). The molecule has 1 aromatic carbocycles. The summed E-state index contributed by atoms with van der Waals surface area (Å²) in [6.45, 7) is 3.99. The minimum absolute atomic E-state index is 0.282. The van der Waals surface area contributed by atoms with Crippen LogP contribution < -0.4 is 0 Å². The molecule has 1 aliphatic rings. The number of allylic oxidation sites excluding steroid dienone is 1. The average molecular weight is 246 g/mol. The third kappa shape index (κ3) is 2.08. The first kappa shape index (κ1) is 12.6. The Morgan fingerprint density at radius 3 is 2.44 bits per heavy atom. The van der Waals surface area contributed by atoms with Crippen molar-refractivity contribution in [2.75, 3.05) is 14.2 Å². The maximum atomic E-state index is 10.1. The van der Waals surface area contributed by atoms with Crippen molar-refractivity contribution in [3.05, 3.63) is 45.9 Å². The van der Waals surface area contributed by atoms with E-state index in [4.69, 9.17) is 9.47 Å². The number of ether oxygens (including phenoxy) is 2. The molecule has 0 spiro atoms. The lowest BCUT2D eigenvalue weighted by atomic mass is 9.99. The number of phenolic OH excluding ortho intramolecular Hbond substituents is 1. The molecule has 0 atom stereocenters. The molecule has 0 unspecified atom stereocenters. The Morgan fingerprint density at radius 2 is 1.83 bits per heavy atom. The summed E-state index contributed by atoms with van der Waals surface area (Å²) in [5.74, 6) is 1.67. The van der Waals surface area contributed by atoms with E-state index >= 15 is 0 Å². The highest BCUT2D eigenvalue weighted by Crippen LogP contribution is 2.33. The SMILES string of the molecule is COC1=Cc2c(O)cc(C)cc2CC(C)=C1OC. The van der Waals surface area contributed by atoms with E-state index in [1.54, 1.807) is 20.3 Å². The molecule has 0 aliphatic heterocycles. The number of aromatic hydroxyl groups is 1. The molecular formula is C15H18O3. The molecule has 0 bridgehead atoms. The van der Waals surface area contributed by atoms with E-state index in [1.807, 2.05) is 19.9 Å². The first-order valence-corrected chi connectivity index (χ1v) is 5.89. The van der Waals surface area contributed by atoms with Gasteiger partial charge in [0, 0.05) is 5.56 Å². The second-order valence-electron chi connectivity index (χ2n) is 4.56. The molecule has 1 aromatic rings. The molecule has 1 aliphatic carbocycles. The summed E-state index contributed by atoms with van der Waals surface area (Å²) in [6.07, 6.45) is 2.58. The molecule has 0 aromatic heterocycles. The largest absolute Gasteiger partial charge is 0.507 e. The maximum Gasteiger partial charge on any atom is 0.161 e. The molecule has 0 amide bonds. The van der Waals surface area contributed by atoms with Crippen LogP contribution in [0.25, 0.3) is 6.08 Å². The van der Waals surface area contributed by atoms with Crippen molar-refractivity contribution in [3.8, 4) is 5.75 Å². The third-order valence-electron chi connectivity index (χ3n) is 3.15. The van der Waals surface area contributed by atoms with Gasteiger partial charge < -0.3 is 14.6 Å². The van der Waals surface area contributed by atoms with Crippen molar-refractivity contribution >= 4 is 6.08 Å². The lowest BCUT2D eigenvalue weighted by Crippen LogP contribution is -1.98. The topological polar surface area (TPSA) is 38.7 Å². The van der Waals surface area contributed by atoms with Crippen LogP contribution in [-0.2, 0) is 15.9 Å². The van der Waals surface area contributed by atoms with Crippen molar-refractivity contribution in [1.82, 2.24) is 0 Å². The Morgan fingerprint density at radius 1 is 1.11 bits per heavy atom. The van der Waals surface area contributed by atoms with E-state index in [-0.39, 0.29) is 5.75 Å². The van der Waals surface area contributed by atoms with E-state index in [2.05, 4.69) is 6.07 Å². The van der Waals surface area contributed by atoms with E-state index < -0.39 is 0 Å². The zero-order valence-corrected chi connectivity index (χ0v) is 11.2. The predicted molar refractivity (Wildman–Crippen MR) is 71.2 cm³/mol. The van der Waals surface area contributed by atoms with Gasteiger partial charge in [-0.05, 0) is 49.1 Å². The number of phenols is 1. The van der Waals surface area contributed by atoms with Gasteiger partial charge in [-0.3, -0.25) is 0 Å². The molecule has 3 nitrogen and oxygen atoms in total. The fourth-order valence-electron chi connectivity index (χ4n) is 2.36. The first-order chi connectivity index (χ1) is 8.56. The predicted octanol–water partition coefficient (Wildman–Crippen LogP) is 3.16. The van der Waals surface area contributed by atoms with Gasteiger partial charge in [0.05, 0.1) is 14.2 Å². The van der Waals surface area contributed by atoms with Crippen LogP contribution >= 0.6 is 0 Å². The van der Waals surface area contributed by atoms with Crippen LogP contribution in [-0.4, -0.2) is 19.3 Å². The summed E-state index contributed by atoms with van der Waals surface area (Å²) in [6, 6.07) is 3.84. The van der Waals surface area contributed by atoms with Gasteiger partial charge in [0.25, 0.3) is 0 Å². The number of fused-ring (bicyclic) bond motifs is 1. The molecule has 0 fully saturated rings. The van der Waals surface area contributed by atoms with E-state index in [1.165, 1.54) is 0 Å². The number of hydrogen-bond donors (Lipinski definition) is 1. The van der Waals surface area contributed by atoms with Gasteiger partial charge in [0.2, 0.25) is 0 Å². The summed E-state index contributed by atoms with van der Waals surface area (Å²) in [7, 11) is 3.24. The maximum absolute atomic E-state index is 10.1. The van der Waals surface area contributed by atoms with E-state index in [0.29, 0.717) is 5.76 Å². The highest BCUT2D eigenvalue weighted by atomic mass is 16.5. The quantitative estimate of drug-likeness (QED) is 0.871. The van der Waals surface area contributed by atoms with Crippen molar-refractivity contribution in [1.29, 1.82) is 0 Å². The Hall–Kier alpha value is -1.90. The summed E-state index contributed by atoms with van der Waals surface area (Å²) in [5, 5.41) is 10.1. The van der Waals surface area contributed by atoms with Gasteiger partial charge in [0.15, 0.2) is 11.5 Å². The second-order valence-corrected chi connectivity index (χ2v) is 4.56. The Labute approximate surface area is 107 Å². The van der Waals surface area contributed by atoms with Crippen LogP contribution in [0, 0.1) is 6.92 Å². The third-order valence-corrected chi connectivity index (χ3v) is 3.15. The van der Waals surface area contributed by atoms with Crippen molar-refractivity contribution in [3.63, 3.8) is 0 Å². The fourth-order valence-corrected chi connectivity index (χ4v) is 2.36. The fraction of sp³-hybridized carbons (Fsp3) is 0.333. The van der Waals surface area contributed by atoms with Gasteiger partial charge in [-0.1, -0.05) is 6.07 Å². The van der Waals surface area contributed by atoms with E-state index in [9.17, 15) is 5.11 Å². The van der Waals surface area contributed by atoms with Crippen molar-refractivity contribution < 1.29 is 14.6 Å². The Kier molecular flexibility index (Phi) is 3.32. The highest BCUT2D eigenvalue weighted by molar-refractivity contribution is 5.67. The number of methoxy groups -OCH3 is 2. The zero-order chi connectivity index (χ0) is 13.3. The number of benzene rings is 1. The highest BCUT2D eigenvalue weighted by Gasteiger charge is 2.19. The van der Waals surface area contributed by atoms with Gasteiger partial charge in [-0.25, -0.2) is 0 Å². The minimum Gasteiger partial charge on any atom is -0.507 e. The number of hydrogen-bond acceptors (Lipinski definition) is 3. The first-order valence-electron chi connectivity index (χ1n) is 5.89. The van der Waals surface area contributed by atoms with Crippen LogP contribution in [0.5, 0.6) is 5.75 Å². The number of rotatable bonds is 2. The molecular weight excluding hydrogens is 228 g/mol. The monoisotopic (exact) mass is 246 g/mol. The molecule has 3 heteroatoms. The molecule has 18 heavy (non-hydrogen) atoms. The second kappa shape index (κ2) is 4.77. The lowest BCUT2D eigenvalue weighted by Gasteiger charge is -2.10. The van der Waals surface area contributed by atoms with Crippen LogP contribution in [0.2, 0.25) is 0 Å². The summed E-state index contributed by atoms with van der Waals surface area (Å²) in [4.78, 5) is 0. The molecule has 96 valence electrons. The Balaban J connectivity index is 2.66. The van der Waals surface area contributed by atoms with Crippen LogP contribution in [0.1, 0.15) is 23.6 Å². The van der Waals surface area contributed by atoms with Gasteiger partial charge in [0.1, 0.15) is 5.75 Å². The lowest BCUT2D eigenvalue weighted by molar-refractivity contribution is 0.220. The van der Waals surface area contributed by atoms with Crippen molar-refractivity contribution in [2.24, 2.45) is 0 Å². The normalized spacial score (nSPS) is 14.8. The van der Waals surface area contributed by atoms with Crippen LogP contribution in [0.15, 0.2) is 29.2 Å². The minimum atomic E-state index is 0.282. The van der Waals surface area contributed by atoms with Crippen LogP contribution in [0.3, 0.4) is 0 Å². The molecule has 0 heterocycles. The average Bonchev–Trinajstić information content (AvgIpc) is 2.44. The molecule has 0 saturated carbocycles. The summed E-state index contributed by atoms with van der Waals surface area (Å²) >= 11 is 0. The molecule has 1 N–H and O–H groups in total. The summed E-state index contributed by atoms with van der Waals surface area (Å²) in [5.41, 5.74) is 4.04. The zero-order valence-electron chi connectivity index (χ0n) is 11.2. The smallest absolute Gasteiger partial charge is 0.161 e.